The molecule has 0 fully saturated rings. The molecule has 0 spiro atoms. The minimum atomic E-state index is 0.752. The van der Waals surface area contributed by atoms with Gasteiger partial charge in [0.25, 0.3) is 0 Å². The molecule has 0 aliphatic carbocycles. The van der Waals surface area contributed by atoms with Crippen LogP contribution >= 0.6 is 0 Å². The van der Waals surface area contributed by atoms with Crippen LogP contribution in [0.3, 0.4) is 0 Å². The van der Waals surface area contributed by atoms with Gasteiger partial charge < -0.3 is 0 Å². The number of hydrogen-bond donors (Lipinski definition) is 0. The zero-order valence-corrected chi connectivity index (χ0v) is 8.75. The summed E-state index contributed by atoms with van der Waals surface area (Å²) in [6, 6.07) is 8.61. The lowest BCUT2D eigenvalue weighted by molar-refractivity contribution is 0.665. The Balaban J connectivity index is 2.54. The first-order valence-corrected chi connectivity index (χ1v) is 4.91. The maximum atomic E-state index is 2.25. The second kappa shape index (κ2) is 4.86. The van der Waals surface area contributed by atoms with Crippen LogP contribution in [-0.2, 0) is 0 Å². The number of rotatable bonds is 3. The molecule has 0 aliphatic heterocycles. The van der Waals surface area contributed by atoms with Gasteiger partial charge >= 0.3 is 0 Å². The van der Waals surface area contributed by atoms with Gasteiger partial charge in [0, 0.05) is 0 Å². The second-order valence-corrected chi connectivity index (χ2v) is 3.94. The molecule has 0 heterocycles. The van der Waals surface area contributed by atoms with Gasteiger partial charge in [0.2, 0.25) is 0 Å². The van der Waals surface area contributed by atoms with Crippen LogP contribution in [0.2, 0.25) is 0 Å². The summed E-state index contributed by atoms with van der Waals surface area (Å²) in [5, 5.41) is 0. The summed E-state index contributed by atoms with van der Waals surface area (Å²) in [7, 11) is 0. The molecular formula is C13H18. The molecule has 0 nitrogen and oxygen atoms in total. The van der Waals surface area contributed by atoms with E-state index in [-0.39, 0.29) is 0 Å². The van der Waals surface area contributed by atoms with Crippen molar-refractivity contribution < 1.29 is 0 Å². The van der Waals surface area contributed by atoms with Gasteiger partial charge in [0.05, 0.1) is 0 Å². The van der Waals surface area contributed by atoms with Crippen LogP contribution in [0.4, 0.5) is 0 Å². The van der Waals surface area contributed by atoms with Crippen molar-refractivity contribution in [2.45, 2.75) is 27.2 Å². The Morgan fingerprint density at radius 1 is 1.15 bits per heavy atom. The van der Waals surface area contributed by atoms with Crippen LogP contribution in [0.1, 0.15) is 31.4 Å². The van der Waals surface area contributed by atoms with Crippen molar-refractivity contribution in [2.75, 3.05) is 0 Å². The molecule has 0 heteroatoms. The molecular weight excluding hydrogens is 156 g/mol. The fourth-order valence-corrected chi connectivity index (χ4v) is 1.15. The van der Waals surface area contributed by atoms with E-state index in [1.165, 1.54) is 11.1 Å². The molecule has 0 N–H and O–H groups in total. The Morgan fingerprint density at radius 3 is 2.31 bits per heavy atom. The topological polar surface area (TPSA) is 0 Å². The van der Waals surface area contributed by atoms with Crippen LogP contribution in [0.25, 0.3) is 6.08 Å². The molecule has 0 saturated carbocycles. The molecule has 1 aromatic carbocycles. The number of benzene rings is 1. The van der Waals surface area contributed by atoms with Crippen molar-refractivity contribution in [2.24, 2.45) is 5.92 Å². The predicted molar refractivity (Wildman–Crippen MR) is 59.7 cm³/mol. The van der Waals surface area contributed by atoms with Crippen LogP contribution in [0, 0.1) is 12.8 Å². The first-order chi connectivity index (χ1) is 6.18. The van der Waals surface area contributed by atoms with Gasteiger partial charge in [0.15, 0.2) is 0 Å². The van der Waals surface area contributed by atoms with Gasteiger partial charge in [-0.15, -0.1) is 0 Å². The zero-order chi connectivity index (χ0) is 9.68. The highest BCUT2D eigenvalue weighted by Gasteiger charge is 1.88. The Morgan fingerprint density at radius 2 is 1.77 bits per heavy atom. The van der Waals surface area contributed by atoms with Crippen molar-refractivity contribution in [3.63, 3.8) is 0 Å². The third kappa shape index (κ3) is 3.93. The maximum Gasteiger partial charge on any atom is -0.0260 e. The molecule has 0 radical (unpaired) electrons. The van der Waals surface area contributed by atoms with Gasteiger partial charge in [-0.1, -0.05) is 55.8 Å². The van der Waals surface area contributed by atoms with Crippen LogP contribution in [0.15, 0.2) is 30.3 Å². The van der Waals surface area contributed by atoms with Crippen LogP contribution < -0.4 is 0 Å². The highest BCUT2D eigenvalue weighted by atomic mass is 13.9. The largest absolute Gasteiger partial charge is 0.0837 e. The fourth-order valence-electron chi connectivity index (χ4n) is 1.15. The standard InChI is InChI=1S/C13H18/c1-11(2)5-4-6-13-9-7-12(3)8-10-13/h4,6-11H,5H2,1-3H3/b6-4-. The van der Waals surface area contributed by atoms with Crippen molar-refractivity contribution in [3.8, 4) is 0 Å². The molecule has 13 heavy (non-hydrogen) atoms. The Bertz CT molecular complexity index is 265. The average Bonchev–Trinajstić information content (AvgIpc) is 2.08. The summed E-state index contributed by atoms with van der Waals surface area (Å²) in [5.41, 5.74) is 2.62. The maximum absolute atomic E-state index is 2.25. The average molecular weight is 174 g/mol. The van der Waals surface area contributed by atoms with Gasteiger partial charge in [-0.2, -0.15) is 0 Å². The van der Waals surface area contributed by atoms with Crippen LogP contribution in [0.5, 0.6) is 0 Å². The lowest BCUT2D eigenvalue weighted by Crippen LogP contribution is -1.81. The SMILES string of the molecule is Cc1ccc(/C=C\CC(C)C)cc1. The van der Waals surface area contributed by atoms with E-state index in [0.29, 0.717) is 0 Å². The monoisotopic (exact) mass is 174 g/mol. The molecule has 0 saturated heterocycles. The van der Waals surface area contributed by atoms with Crippen molar-refractivity contribution in [1.82, 2.24) is 0 Å². The third-order valence-corrected chi connectivity index (χ3v) is 2.00. The summed E-state index contributed by atoms with van der Waals surface area (Å²) >= 11 is 0. The zero-order valence-electron chi connectivity index (χ0n) is 8.75. The van der Waals surface area contributed by atoms with E-state index < -0.39 is 0 Å². The van der Waals surface area contributed by atoms with E-state index in [2.05, 4.69) is 57.2 Å². The van der Waals surface area contributed by atoms with E-state index >= 15 is 0 Å². The highest BCUT2D eigenvalue weighted by molar-refractivity contribution is 5.49. The van der Waals surface area contributed by atoms with Gasteiger partial charge in [-0.05, 0) is 24.8 Å². The summed E-state index contributed by atoms with van der Waals surface area (Å²) in [6.07, 6.45) is 5.60. The summed E-state index contributed by atoms with van der Waals surface area (Å²) in [6.45, 7) is 6.58. The van der Waals surface area contributed by atoms with Crippen LogP contribution in [-0.4, -0.2) is 0 Å². The minimum absolute atomic E-state index is 0.752. The summed E-state index contributed by atoms with van der Waals surface area (Å²) in [4.78, 5) is 0. The molecule has 0 unspecified atom stereocenters. The van der Waals surface area contributed by atoms with Crippen molar-refractivity contribution >= 4 is 6.08 Å². The summed E-state index contributed by atoms with van der Waals surface area (Å²) < 4.78 is 0. The van der Waals surface area contributed by atoms with E-state index in [0.717, 1.165) is 12.3 Å². The summed E-state index contributed by atoms with van der Waals surface area (Å²) in [5.74, 6) is 0.752. The van der Waals surface area contributed by atoms with Gasteiger partial charge in [-0.25, -0.2) is 0 Å². The quantitative estimate of drug-likeness (QED) is 0.648. The van der Waals surface area contributed by atoms with Crippen molar-refractivity contribution in [1.29, 1.82) is 0 Å². The van der Waals surface area contributed by atoms with E-state index in [4.69, 9.17) is 0 Å². The lowest BCUT2D eigenvalue weighted by atomic mass is 10.1. The van der Waals surface area contributed by atoms with E-state index in [1.54, 1.807) is 0 Å². The number of aryl methyl sites for hydroxylation is 1. The smallest absolute Gasteiger partial charge is 0.0260 e. The van der Waals surface area contributed by atoms with E-state index in [1.807, 2.05) is 0 Å². The first-order valence-electron chi connectivity index (χ1n) is 4.91. The third-order valence-electron chi connectivity index (χ3n) is 2.00. The Hall–Kier alpha value is -1.04. The molecule has 1 rings (SSSR count). The van der Waals surface area contributed by atoms with Crippen molar-refractivity contribution in [3.05, 3.63) is 41.5 Å². The molecule has 0 aromatic heterocycles. The predicted octanol–water partition coefficient (Wildman–Crippen LogP) is 4.05. The first kappa shape index (κ1) is 10.0. The van der Waals surface area contributed by atoms with Gasteiger partial charge in [0.1, 0.15) is 0 Å². The Labute approximate surface area is 81.3 Å². The lowest BCUT2D eigenvalue weighted by Gasteiger charge is -1.97. The Kier molecular flexibility index (Phi) is 3.75. The fraction of sp³-hybridized carbons (Fsp3) is 0.385. The normalized spacial score (nSPS) is 11.4. The molecule has 1 aromatic rings. The molecule has 0 bridgehead atoms. The molecule has 70 valence electrons. The van der Waals surface area contributed by atoms with E-state index in [9.17, 15) is 0 Å². The second-order valence-electron chi connectivity index (χ2n) is 3.94. The number of allylic oxidation sites excluding steroid dienone is 1. The highest BCUT2D eigenvalue weighted by Crippen LogP contribution is 2.07. The van der Waals surface area contributed by atoms with Gasteiger partial charge in [-0.3, -0.25) is 0 Å². The minimum Gasteiger partial charge on any atom is -0.0837 e. The molecule has 0 amide bonds. The molecule has 0 atom stereocenters. The number of hydrogen-bond acceptors (Lipinski definition) is 0. The molecule has 0 aliphatic rings.